The van der Waals surface area contributed by atoms with Gasteiger partial charge in [-0.25, -0.2) is 14.4 Å². The average molecular weight is 461 g/mol. The molecule has 9 nitrogen and oxygen atoms in total. The maximum Gasteiger partial charge on any atom is 0.251 e. The van der Waals surface area contributed by atoms with Crippen LogP contribution in [0.15, 0.2) is 30.7 Å². The molecule has 0 spiro atoms. The van der Waals surface area contributed by atoms with Crippen LogP contribution in [0.1, 0.15) is 73.2 Å². The average Bonchev–Trinajstić information content (AvgIpc) is 3.49. The number of hydrogen-bond acceptors (Lipinski definition) is 7. The minimum Gasteiger partial charge on any atom is -0.366 e. The molecule has 10 heteroatoms. The van der Waals surface area contributed by atoms with Crippen molar-refractivity contribution in [1.82, 2.24) is 19.5 Å². The molecule has 2 aromatic heterocycles. The second kappa shape index (κ2) is 8.74. The number of anilines is 3. The SMILES string of the molecule is CCC[C@@H]1c2c(C#N)ncn2-c2cnc(Nc3ccc(C(N)=O)c(F)c3)nc2N1C1CCCC1. The molecule has 0 radical (unpaired) electrons. The topological polar surface area (TPSA) is 126 Å². The summed E-state index contributed by atoms with van der Waals surface area (Å²) in [6.45, 7) is 2.13. The predicted molar refractivity (Wildman–Crippen MR) is 124 cm³/mol. The molecule has 1 aliphatic heterocycles. The van der Waals surface area contributed by atoms with Gasteiger partial charge in [-0.1, -0.05) is 26.2 Å². The maximum atomic E-state index is 14.3. The molecule has 0 unspecified atom stereocenters. The highest BCUT2D eigenvalue weighted by atomic mass is 19.1. The largest absolute Gasteiger partial charge is 0.366 e. The van der Waals surface area contributed by atoms with Crippen LogP contribution in [0.5, 0.6) is 0 Å². The first-order valence-corrected chi connectivity index (χ1v) is 11.5. The Labute approximate surface area is 196 Å². The first kappa shape index (κ1) is 21.8. The summed E-state index contributed by atoms with van der Waals surface area (Å²) in [4.78, 5) is 27.3. The van der Waals surface area contributed by atoms with Gasteiger partial charge in [0.1, 0.15) is 23.9 Å². The predicted octanol–water partition coefficient (Wildman–Crippen LogP) is 4.12. The molecule has 1 saturated carbocycles. The summed E-state index contributed by atoms with van der Waals surface area (Å²) in [5.74, 6) is -0.451. The van der Waals surface area contributed by atoms with Gasteiger partial charge in [-0.15, -0.1) is 0 Å². The van der Waals surface area contributed by atoms with Crippen LogP contribution >= 0.6 is 0 Å². The number of fused-ring (bicyclic) bond motifs is 3. The van der Waals surface area contributed by atoms with Gasteiger partial charge in [-0.3, -0.25) is 9.36 Å². The van der Waals surface area contributed by atoms with E-state index in [1.807, 2.05) is 4.57 Å². The highest BCUT2D eigenvalue weighted by Gasteiger charge is 2.39. The normalized spacial score (nSPS) is 17.2. The van der Waals surface area contributed by atoms with Gasteiger partial charge in [0, 0.05) is 11.7 Å². The van der Waals surface area contributed by atoms with Crippen molar-refractivity contribution in [3.05, 3.63) is 53.5 Å². The molecule has 5 rings (SSSR count). The highest BCUT2D eigenvalue weighted by molar-refractivity contribution is 5.93. The third-order valence-corrected chi connectivity index (χ3v) is 6.59. The zero-order valence-electron chi connectivity index (χ0n) is 18.8. The lowest BCUT2D eigenvalue weighted by Gasteiger charge is -2.42. The van der Waals surface area contributed by atoms with Crippen LogP contribution < -0.4 is 16.0 Å². The molecule has 2 aliphatic rings. The molecule has 3 N–H and O–H groups in total. The second-order valence-corrected chi connectivity index (χ2v) is 8.70. The van der Waals surface area contributed by atoms with Gasteiger partial charge in [-0.2, -0.15) is 10.2 Å². The summed E-state index contributed by atoms with van der Waals surface area (Å²) < 4.78 is 16.2. The fourth-order valence-electron chi connectivity index (χ4n) is 5.10. The van der Waals surface area contributed by atoms with Crippen molar-refractivity contribution in [2.75, 3.05) is 10.2 Å². The van der Waals surface area contributed by atoms with Gasteiger partial charge in [0.25, 0.3) is 5.91 Å². The molecule has 0 bridgehead atoms. The molecular formula is C24H25FN8O. The van der Waals surface area contributed by atoms with E-state index >= 15 is 0 Å². The van der Waals surface area contributed by atoms with E-state index in [9.17, 15) is 14.4 Å². The zero-order chi connectivity index (χ0) is 23.8. The maximum absolute atomic E-state index is 14.3. The van der Waals surface area contributed by atoms with Crippen LogP contribution in [0.25, 0.3) is 5.69 Å². The third-order valence-electron chi connectivity index (χ3n) is 6.59. The van der Waals surface area contributed by atoms with E-state index < -0.39 is 11.7 Å². The smallest absolute Gasteiger partial charge is 0.251 e. The second-order valence-electron chi connectivity index (χ2n) is 8.70. The van der Waals surface area contributed by atoms with Crippen LogP contribution in [0.3, 0.4) is 0 Å². The summed E-state index contributed by atoms with van der Waals surface area (Å²) in [7, 11) is 0. The Morgan fingerprint density at radius 3 is 2.79 bits per heavy atom. The Kier molecular flexibility index (Phi) is 5.61. The minimum atomic E-state index is -0.823. The van der Waals surface area contributed by atoms with E-state index in [1.54, 1.807) is 18.6 Å². The molecule has 3 aromatic rings. The van der Waals surface area contributed by atoms with Crippen LogP contribution in [0, 0.1) is 17.1 Å². The van der Waals surface area contributed by atoms with Gasteiger partial charge in [0.15, 0.2) is 11.5 Å². The quantitative estimate of drug-likeness (QED) is 0.567. The van der Waals surface area contributed by atoms with Crippen LogP contribution in [0.4, 0.5) is 21.8 Å². The third kappa shape index (κ3) is 3.63. The van der Waals surface area contributed by atoms with Gasteiger partial charge >= 0.3 is 0 Å². The van der Waals surface area contributed by atoms with Crippen molar-refractivity contribution >= 4 is 23.4 Å². The number of nitrogens with two attached hydrogens (primary N) is 1. The van der Waals surface area contributed by atoms with Crippen molar-refractivity contribution in [2.24, 2.45) is 5.73 Å². The monoisotopic (exact) mass is 460 g/mol. The molecule has 1 aliphatic carbocycles. The molecule has 1 amide bonds. The number of rotatable bonds is 6. The van der Waals surface area contributed by atoms with E-state index in [1.165, 1.54) is 12.1 Å². The molecule has 3 heterocycles. The van der Waals surface area contributed by atoms with Gasteiger partial charge in [0.2, 0.25) is 5.95 Å². The molecule has 0 saturated heterocycles. The summed E-state index contributed by atoms with van der Waals surface area (Å²) in [5.41, 5.74) is 7.52. The van der Waals surface area contributed by atoms with Crippen LogP contribution in [-0.2, 0) is 0 Å². The molecule has 1 fully saturated rings. The van der Waals surface area contributed by atoms with Crippen molar-refractivity contribution < 1.29 is 9.18 Å². The molecular weight excluding hydrogens is 435 g/mol. The number of benzene rings is 1. The van der Waals surface area contributed by atoms with Crippen molar-refractivity contribution in [3.63, 3.8) is 0 Å². The number of nitriles is 1. The van der Waals surface area contributed by atoms with E-state index in [0.29, 0.717) is 23.4 Å². The zero-order valence-corrected chi connectivity index (χ0v) is 18.8. The summed E-state index contributed by atoms with van der Waals surface area (Å²) in [6, 6.07) is 6.63. The molecule has 1 aromatic carbocycles. The molecule has 1 atom stereocenters. The Bertz CT molecular complexity index is 1290. The number of carbonyl (C=O) groups is 1. The fourth-order valence-corrected chi connectivity index (χ4v) is 5.10. The number of imidazole rings is 1. The number of primary amides is 1. The van der Waals surface area contributed by atoms with Crippen molar-refractivity contribution in [3.8, 4) is 11.8 Å². The van der Waals surface area contributed by atoms with E-state index in [2.05, 4.69) is 33.2 Å². The van der Waals surface area contributed by atoms with E-state index in [-0.39, 0.29) is 11.6 Å². The van der Waals surface area contributed by atoms with Gasteiger partial charge in [0.05, 0.1) is 23.5 Å². The van der Waals surface area contributed by atoms with Crippen molar-refractivity contribution in [2.45, 2.75) is 57.5 Å². The Morgan fingerprint density at radius 2 is 2.12 bits per heavy atom. The van der Waals surface area contributed by atoms with Crippen molar-refractivity contribution in [1.29, 1.82) is 5.26 Å². The van der Waals surface area contributed by atoms with E-state index in [0.717, 1.165) is 55.7 Å². The first-order chi connectivity index (χ1) is 16.5. The lowest BCUT2D eigenvalue weighted by molar-refractivity contribution is 0.0996. The molecule has 174 valence electrons. The Hall–Kier alpha value is -4.00. The standard InChI is InChI=1S/C24H25FN8O/c1-2-5-19-21-18(11-26)29-13-32(21)20-12-28-24(31-23(20)33(19)15-6-3-4-7-15)30-14-8-9-16(22(27)34)17(25)10-14/h8-10,12-13,15,19H,2-7H2,1H3,(H2,27,34)(H,28,30,31)/t19-/m1/s1. The van der Waals surface area contributed by atoms with Gasteiger partial charge < -0.3 is 16.0 Å². The Balaban J connectivity index is 1.59. The number of amides is 1. The Morgan fingerprint density at radius 1 is 1.32 bits per heavy atom. The van der Waals surface area contributed by atoms with E-state index in [4.69, 9.17) is 10.7 Å². The number of nitrogens with one attached hydrogen (secondary N) is 1. The summed E-state index contributed by atoms with van der Waals surface area (Å²) in [5, 5.41) is 12.7. The first-order valence-electron chi connectivity index (χ1n) is 11.5. The number of carbonyl (C=O) groups excluding carboxylic acids is 1. The summed E-state index contributed by atoms with van der Waals surface area (Å²) >= 11 is 0. The lowest BCUT2D eigenvalue weighted by atomic mass is 9.98. The number of halogens is 1. The lowest BCUT2D eigenvalue weighted by Crippen LogP contribution is -2.42. The number of aromatic nitrogens is 4. The minimum absolute atomic E-state index is 0.0206. The number of hydrogen-bond donors (Lipinski definition) is 2. The number of nitrogens with zero attached hydrogens (tertiary/aromatic N) is 6. The summed E-state index contributed by atoms with van der Waals surface area (Å²) in [6.07, 6.45) is 9.60. The highest BCUT2D eigenvalue weighted by Crippen LogP contribution is 2.45. The van der Waals surface area contributed by atoms with Crippen LogP contribution in [-0.4, -0.2) is 31.5 Å². The van der Waals surface area contributed by atoms with Gasteiger partial charge in [-0.05, 0) is 37.5 Å². The fraction of sp³-hybridized carbons (Fsp3) is 0.375. The molecule has 34 heavy (non-hydrogen) atoms. The van der Waals surface area contributed by atoms with Crippen LogP contribution in [0.2, 0.25) is 0 Å².